The van der Waals surface area contributed by atoms with E-state index >= 15 is 0 Å². The van der Waals surface area contributed by atoms with Gasteiger partial charge in [-0.2, -0.15) is 0 Å². The van der Waals surface area contributed by atoms with E-state index in [0.717, 1.165) is 16.9 Å². The fraction of sp³-hybridized carbons (Fsp3) is 0.263. The van der Waals surface area contributed by atoms with Crippen LogP contribution in [-0.4, -0.2) is 31.5 Å². The molecule has 0 atom stereocenters. The average molecular weight is 403 g/mol. The molecule has 8 nitrogen and oxygen atoms in total. The molecule has 0 aliphatic carbocycles. The van der Waals surface area contributed by atoms with E-state index in [1.54, 1.807) is 13.2 Å². The molecule has 0 saturated heterocycles. The number of aryl methyl sites for hydroxylation is 1. The van der Waals surface area contributed by atoms with Gasteiger partial charge in [-0.05, 0) is 54.5 Å². The number of carbonyl (C=O) groups excluding carboxylic acids is 1. The third-order valence-corrected chi connectivity index (χ3v) is 4.13. The van der Waals surface area contributed by atoms with Crippen molar-refractivity contribution in [3.63, 3.8) is 0 Å². The van der Waals surface area contributed by atoms with Gasteiger partial charge < -0.3 is 24.3 Å². The third kappa shape index (κ3) is 5.17. The Balaban J connectivity index is 1.39. The molecule has 2 aromatic carbocycles. The van der Waals surface area contributed by atoms with Gasteiger partial charge in [0.15, 0.2) is 34.7 Å². The second kappa shape index (κ2) is 9.14. The summed E-state index contributed by atoms with van der Waals surface area (Å²) in [5.74, 6) is 2.11. The van der Waals surface area contributed by atoms with Gasteiger partial charge in [-0.1, -0.05) is 12.1 Å². The molecule has 1 amide bonds. The highest BCUT2D eigenvalue weighted by Crippen LogP contribution is 2.32. The third-order valence-electron chi connectivity index (χ3n) is 3.88. The predicted octanol–water partition coefficient (Wildman–Crippen LogP) is 1.81. The first-order valence-electron chi connectivity index (χ1n) is 8.54. The van der Waals surface area contributed by atoms with Gasteiger partial charge in [-0.25, -0.2) is 0 Å². The van der Waals surface area contributed by atoms with Crippen molar-refractivity contribution in [2.75, 3.05) is 20.5 Å². The summed E-state index contributed by atoms with van der Waals surface area (Å²) in [6.45, 7) is 2.46. The summed E-state index contributed by atoms with van der Waals surface area (Å²) in [6, 6.07) is 11.1. The number of carbonyl (C=O) groups is 1. The van der Waals surface area contributed by atoms with Crippen LogP contribution in [0.2, 0.25) is 0 Å². The van der Waals surface area contributed by atoms with Crippen LogP contribution in [0.15, 0.2) is 36.4 Å². The summed E-state index contributed by atoms with van der Waals surface area (Å²) in [7, 11) is 1.55. The first-order chi connectivity index (χ1) is 13.5. The van der Waals surface area contributed by atoms with E-state index in [2.05, 4.69) is 16.2 Å². The molecule has 3 rings (SSSR count). The lowest BCUT2D eigenvalue weighted by Crippen LogP contribution is -2.48. The Kier molecular flexibility index (Phi) is 6.38. The number of methoxy groups -OCH3 is 1. The van der Waals surface area contributed by atoms with Crippen LogP contribution in [0.1, 0.15) is 11.1 Å². The lowest BCUT2D eigenvalue weighted by Gasteiger charge is -2.13. The first-order valence-corrected chi connectivity index (χ1v) is 8.94. The van der Waals surface area contributed by atoms with E-state index < -0.39 is 0 Å². The number of hydrogen-bond acceptors (Lipinski definition) is 6. The Morgan fingerprint density at radius 3 is 2.75 bits per heavy atom. The fourth-order valence-corrected chi connectivity index (χ4v) is 2.60. The van der Waals surface area contributed by atoms with Crippen LogP contribution < -0.4 is 35.1 Å². The molecule has 0 aromatic heterocycles. The Labute approximate surface area is 168 Å². The number of benzene rings is 2. The minimum absolute atomic E-state index is 0.183. The number of ether oxygens (including phenoxy) is 4. The van der Waals surface area contributed by atoms with Gasteiger partial charge in [-0.3, -0.25) is 15.6 Å². The van der Waals surface area contributed by atoms with Crippen molar-refractivity contribution in [2.24, 2.45) is 0 Å². The molecule has 0 spiro atoms. The van der Waals surface area contributed by atoms with Crippen LogP contribution in [0.3, 0.4) is 0 Å². The van der Waals surface area contributed by atoms with Crippen LogP contribution in [0.25, 0.3) is 0 Å². The molecular formula is C19H21N3O5S. The van der Waals surface area contributed by atoms with E-state index in [9.17, 15) is 4.79 Å². The number of thiocarbonyl (C=S) groups is 1. The zero-order chi connectivity index (χ0) is 19.9. The lowest BCUT2D eigenvalue weighted by atomic mass is 10.2. The standard InChI is InChI=1S/C19H21N3O5S/c1-12-3-5-14(16(7-12)24-2)25-10-18(23)21-22-19(28)20-9-13-4-6-15-17(8-13)27-11-26-15/h3-8H,9-11H2,1-2H3,(H,21,23)(H2,20,22,28). The molecule has 1 aliphatic heterocycles. The molecule has 0 radical (unpaired) electrons. The quantitative estimate of drug-likeness (QED) is 0.497. The summed E-state index contributed by atoms with van der Waals surface area (Å²) in [4.78, 5) is 11.9. The van der Waals surface area contributed by atoms with Crippen molar-refractivity contribution in [1.29, 1.82) is 0 Å². The highest BCUT2D eigenvalue weighted by molar-refractivity contribution is 7.80. The number of hydrogen-bond donors (Lipinski definition) is 3. The normalized spacial score (nSPS) is 11.5. The predicted molar refractivity (Wildman–Crippen MR) is 107 cm³/mol. The van der Waals surface area contributed by atoms with E-state index in [1.807, 2.05) is 37.3 Å². The Hall–Kier alpha value is -3.20. The molecule has 0 saturated carbocycles. The van der Waals surface area contributed by atoms with Gasteiger partial charge >= 0.3 is 0 Å². The van der Waals surface area contributed by atoms with Crippen LogP contribution in [0, 0.1) is 6.92 Å². The summed E-state index contributed by atoms with van der Waals surface area (Å²) < 4.78 is 21.3. The molecule has 0 fully saturated rings. The highest BCUT2D eigenvalue weighted by atomic mass is 32.1. The zero-order valence-electron chi connectivity index (χ0n) is 15.5. The van der Waals surface area contributed by atoms with Crippen molar-refractivity contribution < 1.29 is 23.7 Å². The average Bonchev–Trinajstić information content (AvgIpc) is 3.17. The van der Waals surface area contributed by atoms with E-state index in [4.69, 9.17) is 31.2 Å². The van der Waals surface area contributed by atoms with Crippen molar-refractivity contribution in [3.8, 4) is 23.0 Å². The molecule has 2 aromatic rings. The maximum absolute atomic E-state index is 11.9. The smallest absolute Gasteiger partial charge is 0.276 e. The first kappa shape index (κ1) is 19.6. The monoisotopic (exact) mass is 403 g/mol. The maximum Gasteiger partial charge on any atom is 0.276 e. The van der Waals surface area contributed by atoms with Gasteiger partial charge in [0, 0.05) is 6.54 Å². The molecule has 1 heterocycles. The Morgan fingerprint density at radius 2 is 1.93 bits per heavy atom. The number of fused-ring (bicyclic) bond motifs is 1. The molecule has 148 valence electrons. The molecule has 28 heavy (non-hydrogen) atoms. The summed E-state index contributed by atoms with van der Waals surface area (Å²) in [5, 5.41) is 3.27. The van der Waals surface area contributed by atoms with E-state index in [0.29, 0.717) is 23.8 Å². The van der Waals surface area contributed by atoms with Crippen molar-refractivity contribution in [2.45, 2.75) is 13.5 Å². The topological polar surface area (TPSA) is 90.1 Å². The van der Waals surface area contributed by atoms with Crippen LogP contribution >= 0.6 is 12.2 Å². The summed E-state index contributed by atoms with van der Waals surface area (Å²) in [6.07, 6.45) is 0. The lowest BCUT2D eigenvalue weighted by molar-refractivity contribution is -0.123. The maximum atomic E-state index is 11.9. The highest BCUT2D eigenvalue weighted by Gasteiger charge is 2.13. The number of nitrogens with one attached hydrogen (secondary N) is 3. The van der Waals surface area contributed by atoms with Gasteiger partial charge in [0.05, 0.1) is 7.11 Å². The van der Waals surface area contributed by atoms with Crippen molar-refractivity contribution in [1.82, 2.24) is 16.2 Å². The molecule has 9 heteroatoms. The Morgan fingerprint density at radius 1 is 1.11 bits per heavy atom. The SMILES string of the molecule is COc1cc(C)ccc1OCC(=O)NNC(=S)NCc1ccc2c(c1)OCO2. The second-order valence-corrected chi connectivity index (χ2v) is 6.39. The summed E-state index contributed by atoms with van der Waals surface area (Å²) in [5.41, 5.74) is 7.11. The van der Waals surface area contributed by atoms with Crippen LogP contribution in [-0.2, 0) is 11.3 Å². The zero-order valence-corrected chi connectivity index (χ0v) is 16.4. The fourth-order valence-electron chi connectivity index (χ4n) is 2.48. The largest absolute Gasteiger partial charge is 0.493 e. The van der Waals surface area contributed by atoms with Gasteiger partial charge in [0.2, 0.25) is 6.79 Å². The molecular weight excluding hydrogens is 382 g/mol. The minimum Gasteiger partial charge on any atom is -0.493 e. The second-order valence-electron chi connectivity index (χ2n) is 5.99. The molecule has 3 N–H and O–H groups in total. The number of amides is 1. The number of hydrazine groups is 1. The van der Waals surface area contributed by atoms with Crippen LogP contribution in [0.5, 0.6) is 23.0 Å². The van der Waals surface area contributed by atoms with Crippen molar-refractivity contribution in [3.05, 3.63) is 47.5 Å². The summed E-state index contributed by atoms with van der Waals surface area (Å²) >= 11 is 5.15. The molecule has 0 unspecified atom stereocenters. The molecule has 1 aliphatic rings. The van der Waals surface area contributed by atoms with E-state index in [1.165, 1.54) is 0 Å². The van der Waals surface area contributed by atoms with Gasteiger partial charge in [-0.15, -0.1) is 0 Å². The van der Waals surface area contributed by atoms with Gasteiger partial charge in [0.25, 0.3) is 5.91 Å². The number of rotatable bonds is 6. The van der Waals surface area contributed by atoms with E-state index in [-0.39, 0.29) is 24.4 Å². The van der Waals surface area contributed by atoms with Gasteiger partial charge in [0.1, 0.15) is 0 Å². The Bertz CT molecular complexity index is 875. The molecule has 0 bridgehead atoms. The van der Waals surface area contributed by atoms with Crippen molar-refractivity contribution >= 4 is 23.2 Å². The van der Waals surface area contributed by atoms with Crippen LogP contribution in [0.4, 0.5) is 0 Å². The minimum atomic E-state index is -0.380.